The second kappa shape index (κ2) is 4.45. The number of carbonyl (C=O) groups excluding carboxylic acids is 2. The number of ether oxygens (including phenoxy) is 2. The number of fused-ring (bicyclic) bond motifs is 3. The van der Waals surface area contributed by atoms with Crippen molar-refractivity contribution in [3.05, 3.63) is 0 Å². The van der Waals surface area contributed by atoms with E-state index in [1.54, 1.807) is 4.90 Å². The summed E-state index contributed by atoms with van der Waals surface area (Å²) >= 11 is 0. The minimum atomic E-state index is -1.65. The van der Waals surface area contributed by atoms with Gasteiger partial charge in [-0.1, -0.05) is 6.92 Å². The average molecular weight is 269 g/mol. The molecule has 6 heteroatoms. The van der Waals surface area contributed by atoms with Crippen LogP contribution in [-0.4, -0.2) is 59.9 Å². The van der Waals surface area contributed by atoms with Gasteiger partial charge < -0.3 is 19.5 Å². The molecule has 1 aliphatic carbocycles. The van der Waals surface area contributed by atoms with Gasteiger partial charge in [0.25, 0.3) is 0 Å². The van der Waals surface area contributed by atoms with Crippen LogP contribution < -0.4 is 0 Å². The highest BCUT2D eigenvalue weighted by Gasteiger charge is 2.62. The molecule has 19 heavy (non-hydrogen) atoms. The maximum absolute atomic E-state index is 12.5. The lowest BCUT2D eigenvalue weighted by Gasteiger charge is -2.50. The van der Waals surface area contributed by atoms with Gasteiger partial charge in [0, 0.05) is 13.1 Å². The fourth-order valence-corrected chi connectivity index (χ4v) is 3.43. The molecule has 3 aliphatic heterocycles. The van der Waals surface area contributed by atoms with Crippen LogP contribution in [0.3, 0.4) is 0 Å². The van der Waals surface area contributed by atoms with Crippen molar-refractivity contribution in [1.82, 2.24) is 4.90 Å². The maximum atomic E-state index is 12.5. The highest BCUT2D eigenvalue weighted by molar-refractivity contribution is 5.92. The second-order valence-corrected chi connectivity index (χ2v) is 5.72. The number of carbonyl (C=O) groups is 2. The van der Waals surface area contributed by atoms with Crippen LogP contribution in [-0.2, 0) is 19.1 Å². The molecule has 1 amide bonds. The van der Waals surface area contributed by atoms with Gasteiger partial charge in [-0.15, -0.1) is 0 Å². The molecule has 1 N–H and O–H groups in total. The molecule has 4 fully saturated rings. The summed E-state index contributed by atoms with van der Waals surface area (Å²) in [4.78, 5) is 26.1. The Morgan fingerprint density at radius 3 is 2.68 bits per heavy atom. The van der Waals surface area contributed by atoms with E-state index in [1.807, 2.05) is 6.92 Å². The molecule has 0 aromatic rings. The van der Waals surface area contributed by atoms with Crippen molar-refractivity contribution in [2.45, 2.75) is 31.5 Å². The number of morpholine rings is 1. The van der Waals surface area contributed by atoms with E-state index in [1.165, 1.54) is 0 Å². The Balaban J connectivity index is 1.83. The van der Waals surface area contributed by atoms with Crippen molar-refractivity contribution in [2.24, 2.45) is 11.8 Å². The van der Waals surface area contributed by atoms with Crippen LogP contribution in [0.15, 0.2) is 0 Å². The standard InChI is InChI=1S/C13H19NO5/c1-8-6-9-7-10(13(8,17)12(16)19-9)11(15)14-2-4-18-5-3-14/h8-10,17H,2-7H2,1H3. The van der Waals surface area contributed by atoms with E-state index in [9.17, 15) is 14.7 Å². The fourth-order valence-electron chi connectivity index (χ4n) is 3.43. The predicted molar refractivity (Wildman–Crippen MR) is 64.1 cm³/mol. The van der Waals surface area contributed by atoms with Gasteiger partial charge in [0.2, 0.25) is 5.91 Å². The Morgan fingerprint density at radius 2 is 2.05 bits per heavy atom. The predicted octanol–water partition coefficient (Wildman–Crippen LogP) is -0.452. The molecule has 0 spiro atoms. The van der Waals surface area contributed by atoms with Crippen molar-refractivity contribution in [2.75, 3.05) is 26.3 Å². The van der Waals surface area contributed by atoms with Crippen LogP contribution in [0.4, 0.5) is 0 Å². The van der Waals surface area contributed by atoms with Crippen molar-refractivity contribution >= 4 is 11.9 Å². The molecule has 4 unspecified atom stereocenters. The zero-order valence-corrected chi connectivity index (χ0v) is 11.0. The average Bonchev–Trinajstić information content (AvgIpc) is 2.41. The third-order valence-electron chi connectivity index (χ3n) is 4.62. The number of hydrogen-bond donors (Lipinski definition) is 1. The van der Waals surface area contributed by atoms with Crippen molar-refractivity contribution in [3.63, 3.8) is 0 Å². The normalized spacial score (nSPS) is 42.1. The zero-order valence-electron chi connectivity index (χ0n) is 11.0. The quantitative estimate of drug-likeness (QED) is 0.652. The molecule has 4 aliphatic rings. The smallest absolute Gasteiger partial charge is 0.339 e. The first-order valence-electron chi connectivity index (χ1n) is 6.83. The lowest BCUT2D eigenvalue weighted by atomic mass is 9.65. The van der Waals surface area contributed by atoms with Crippen LogP contribution in [0.25, 0.3) is 0 Å². The largest absolute Gasteiger partial charge is 0.460 e. The molecule has 106 valence electrons. The lowest BCUT2D eigenvalue weighted by Crippen LogP contribution is -2.66. The summed E-state index contributed by atoms with van der Waals surface area (Å²) < 4.78 is 10.4. The first-order chi connectivity index (χ1) is 9.03. The molecule has 6 nitrogen and oxygen atoms in total. The van der Waals surface area contributed by atoms with Gasteiger partial charge >= 0.3 is 5.97 Å². The van der Waals surface area contributed by atoms with Gasteiger partial charge in [-0.2, -0.15) is 0 Å². The summed E-state index contributed by atoms with van der Waals surface area (Å²) in [7, 11) is 0. The van der Waals surface area contributed by atoms with Crippen LogP contribution in [0.5, 0.6) is 0 Å². The minimum absolute atomic E-state index is 0.140. The van der Waals surface area contributed by atoms with Gasteiger partial charge in [0.05, 0.1) is 19.1 Å². The summed E-state index contributed by atoms with van der Waals surface area (Å²) in [6, 6.07) is 0. The molecule has 0 aromatic carbocycles. The first-order valence-corrected chi connectivity index (χ1v) is 6.83. The number of amides is 1. The van der Waals surface area contributed by atoms with Crippen LogP contribution >= 0.6 is 0 Å². The van der Waals surface area contributed by atoms with Crippen molar-refractivity contribution in [3.8, 4) is 0 Å². The van der Waals surface area contributed by atoms with E-state index in [0.29, 0.717) is 39.1 Å². The lowest BCUT2D eigenvalue weighted by molar-refractivity contribution is -0.226. The third kappa shape index (κ3) is 1.85. The Labute approximate surface area is 111 Å². The van der Waals surface area contributed by atoms with Crippen LogP contribution in [0, 0.1) is 11.8 Å². The minimum Gasteiger partial charge on any atom is -0.460 e. The number of esters is 1. The highest BCUT2D eigenvalue weighted by atomic mass is 16.6. The van der Waals surface area contributed by atoms with E-state index in [2.05, 4.69) is 0 Å². The van der Waals surface area contributed by atoms with E-state index in [4.69, 9.17) is 9.47 Å². The molecule has 1 saturated carbocycles. The maximum Gasteiger partial charge on any atom is 0.339 e. The van der Waals surface area contributed by atoms with Gasteiger partial charge in [0.1, 0.15) is 6.10 Å². The Kier molecular flexibility index (Phi) is 3.02. The SMILES string of the molecule is CC1CC2CC(C(=O)N3CCOCC3)C1(O)C(=O)O2. The molecule has 4 atom stereocenters. The molecular weight excluding hydrogens is 250 g/mol. The first kappa shape index (κ1) is 12.9. The number of aliphatic hydroxyl groups is 1. The molecule has 0 radical (unpaired) electrons. The molecule has 3 heterocycles. The molecular formula is C13H19NO5. The Hall–Kier alpha value is -1.14. The van der Waals surface area contributed by atoms with E-state index in [-0.39, 0.29) is 17.9 Å². The van der Waals surface area contributed by atoms with E-state index < -0.39 is 17.5 Å². The van der Waals surface area contributed by atoms with Gasteiger partial charge in [-0.3, -0.25) is 4.79 Å². The second-order valence-electron chi connectivity index (χ2n) is 5.72. The van der Waals surface area contributed by atoms with Gasteiger partial charge in [-0.25, -0.2) is 4.79 Å². The van der Waals surface area contributed by atoms with E-state index in [0.717, 1.165) is 0 Å². The number of nitrogens with zero attached hydrogens (tertiary/aromatic N) is 1. The molecule has 4 rings (SSSR count). The zero-order chi connectivity index (χ0) is 13.6. The molecule has 0 aromatic heterocycles. The molecule has 2 bridgehead atoms. The topological polar surface area (TPSA) is 76.1 Å². The van der Waals surface area contributed by atoms with Crippen molar-refractivity contribution in [1.29, 1.82) is 0 Å². The van der Waals surface area contributed by atoms with Crippen LogP contribution in [0.1, 0.15) is 19.8 Å². The third-order valence-corrected chi connectivity index (χ3v) is 4.62. The summed E-state index contributed by atoms with van der Waals surface area (Å²) in [6.07, 6.45) is 0.837. The van der Waals surface area contributed by atoms with E-state index >= 15 is 0 Å². The number of hydrogen-bond acceptors (Lipinski definition) is 5. The Morgan fingerprint density at radius 1 is 1.37 bits per heavy atom. The summed E-state index contributed by atoms with van der Waals surface area (Å²) in [5, 5.41) is 10.7. The van der Waals surface area contributed by atoms with Crippen LogP contribution in [0.2, 0.25) is 0 Å². The van der Waals surface area contributed by atoms with Gasteiger partial charge in [0.15, 0.2) is 5.60 Å². The van der Waals surface area contributed by atoms with Gasteiger partial charge in [-0.05, 0) is 18.8 Å². The summed E-state index contributed by atoms with van der Waals surface area (Å²) in [6.45, 7) is 3.89. The highest BCUT2D eigenvalue weighted by Crippen LogP contribution is 2.46. The summed E-state index contributed by atoms with van der Waals surface area (Å²) in [5.41, 5.74) is -1.65. The monoisotopic (exact) mass is 269 g/mol. The fraction of sp³-hybridized carbons (Fsp3) is 0.846. The molecule has 3 saturated heterocycles. The number of rotatable bonds is 1. The summed E-state index contributed by atoms with van der Waals surface area (Å²) in [5.74, 6) is -1.67. The Bertz CT molecular complexity index is 406. The van der Waals surface area contributed by atoms with Crippen molar-refractivity contribution < 1.29 is 24.2 Å².